The van der Waals surface area contributed by atoms with Crippen LogP contribution in [-0.4, -0.2) is 41.8 Å². The molecule has 0 saturated carbocycles. The maximum Gasteiger partial charge on any atom is 0.258 e. The Morgan fingerprint density at radius 1 is 1.03 bits per heavy atom. The summed E-state index contributed by atoms with van der Waals surface area (Å²) in [5.74, 6) is 0.0251. The summed E-state index contributed by atoms with van der Waals surface area (Å²) in [6.07, 6.45) is 0.746. The molecule has 6 nitrogen and oxygen atoms in total. The lowest BCUT2D eigenvalue weighted by atomic mass is 10.1. The maximum atomic E-state index is 13.4. The zero-order valence-corrected chi connectivity index (χ0v) is 22.5. The minimum Gasteiger partial charge on any atom is -0.354 e. The lowest BCUT2D eigenvalue weighted by Crippen LogP contribution is -2.48. The fourth-order valence-electron chi connectivity index (χ4n) is 4.60. The van der Waals surface area contributed by atoms with E-state index in [9.17, 15) is 14.4 Å². The summed E-state index contributed by atoms with van der Waals surface area (Å²) in [5, 5.41) is 4.96. The van der Waals surface area contributed by atoms with Gasteiger partial charge in [-0.25, -0.2) is 0 Å². The molecule has 36 heavy (non-hydrogen) atoms. The smallest absolute Gasteiger partial charge is 0.258 e. The molecule has 0 aliphatic carbocycles. The zero-order chi connectivity index (χ0) is 25.8. The Balaban J connectivity index is 1.45. The lowest BCUT2D eigenvalue weighted by molar-refractivity contribution is -0.140. The molecule has 3 amide bonds. The van der Waals surface area contributed by atoms with Crippen LogP contribution in [0.2, 0.25) is 0 Å². The first kappa shape index (κ1) is 25.9. The van der Waals surface area contributed by atoms with Gasteiger partial charge in [0.05, 0.1) is 5.69 Å². The highest BCUT2D eigenvalue weighted by atomic mass is 79.9. The first-order chi connectivity index (χ1) is 17.3. The van der Waals surface area contributed by atoms with E-state index >= 15 is 0 Å². The summed E-state index contributed by atoms with van der Waals surface area (Å²) in [7, 11) is 0. The number of anilines is 1. The van der Waals surface area contributed by atoms with Crippen molar-refractivity contribution in [2.75, 3.05) is 18.0 Å². The van der Waals surface area contributed by atoms with Crippen molar-refractivity contribution >= 4 is 50.1 Å². The first-order valence-electron chi connectivity index (χ1n) is 12.4. The highest BCUT2D eigenvalue weighted by Crippen LogP contribution is 2.37. The van der Waals surface area contributed by atoms with E-state index in [0.717, 1.165) is 26.5 Å². The highest BCUT2D eigenvalue weighted by molar-refractivity contribution is 9.10. The fourth-order valence-corrected chi connectivity index (χ4v) is 5.05. The predicted octanol–water partition coefficient (Wildman–Crippen LogP) is 5.53. The molecule has 1 aliphatic rings. The van der Waals surface area contributed by atoms with E-state index in [0.29, 0.717) is 37.5 Å². The quantitative estimate of drug-likeness (QED) is 0.361. The standard InChI is InChI=1S/C29H32BrN3O3/c1-19(2)17-31-28(35)20(3)33(18-21-8-4-11-23(30)16-21)26(34)14-7-15-32-25-13-6-10-22-9-5-12-24(27(22)25)29(32)36/h4-6,8-13,16,19-20H,7,14-15,17-18H2,1-3H3,(H,31,35). The van der Waals surface area contributed by atoms with Gasteiger partial charge in [-0.15, -0.1) is 0 Å². The number of benzene rings is 3. The molecule has 0 fully saturated rings. The third-order valence-electron chi connectivity index (χ3n) is 6.52. The second-order valence-corrected chi connectivity index (χ2v) is 10.6. The number of rotatable bonds is 10. The summed E-state index contributed by atoms with van der Waals surface area (Å²) >= 11 is 3.49. The number of carbonyl (C=O) groups excluding carboxylic acids is 3. The minimum atomic E-state index is -0.610. The van der Waals surface area contributed by atoms with Crippen LogP contribution in [0.3, 0.4) is 0 Å². The van der Waals surface area contributed by atoms with Crippen molar-refractivity contribution in [1.82, 2.24) is 10.2 Å². The summed E-state index contributed by atoms with van der Waals surface area (Å²) in [5.41, 5.74) is 2.55. The molecule has 4 rings (SSSR count). The van der Waals surface area contributed by atoms with Crippen LogP contribution in [0.15, 0.2) is 65.1 Å². The van der Waals surface area contributed by atoms with E-state index in [1.165, 1.54) is 0 Å². The Morgan fingerprint density at radius 3 is 2.47 bits per heavy atom. The van der Waals surface area contributed by atoms with Crippen molar-refractivity contribution in [3.05, 3.63) is 76.3 Å². The van der Waals surface area contributed by atoms with Gasteiger partial charge in [0.1, 0.15) is 6.04 Å². The van der Waals surface area contributed by atoms with E-state index < -0.39 is 6.04 Å². The lowest BCUT2D eigenvalue weighted by Gasteiger charge is -2.29. The topological polar surface area (TPSA) is 69.7 Å². The third kappa shape index (κ3) is 5.62. The minimum absolute atomic E-state index is 0.0262. The van der Waals surface area contributed by atoms with Crippen molar-refractivity contribution in [2.45, 2.75) is 46.2 Å². The number of halogens is 1. The Kier molecular flexibility index (Phi) is 8.09. The molecule has 1 unspecified atom stereocenters. The second-order valence-electron chi connectivity index (χ2n) is 9.71. The molecule has 0 aromatic heterocycles. The van der Waals surface area contributed by atoms with Gasteiger partial charge in [0, 0.05) is 41.5 Å². The van der Waals surface area contributed by atoms with Crippen LogP contribution < -0.4 is 10.2 Å². The first-order valence-corrected chi connectivity index (χ1v) is 13.2. The highest BCUT2D eigenvalue weighted by Gasteiger charge is 2.30. The van der Waals surface area contributed by atoms with Gasteiger partial charge in [-0.2, -0.15) is 0 Å². The molecule has 7 heteroatoms. The summed E-state index contributed by atoms with van der Waals surface area (Å²) in [6, 6.07) is 18.8. The van der Waals surface area contributed by atoms with E-state index in [2.05, 4.69) is 21.2 Å². The normalized spacial score (nSPS) is 13.4. The molecule has 1 atom stereocenters. The third-order valence-corrected chi connectivity index (χ3v) is 7.01. The Labute approximate surface area is 220 Å². The average Bonchev–Trinajstić information content (AvgIpc) is 3.13. The molecule has 0 radical (unpaired) electrons. The molecular weight excluding hydrogens is 518 g/mol. The van der Waals surface area contributed by atoms with Crippen molar-refractivity contribution in [3.8, 4) is 0 Å². The van der Waals surface area contributed by atoms with Gasteiger partial charge in [0.25, 0.3) is 5.91 Å². The van der Waals surface area contributed by atoms with Crippen LogP contribution in [0.1, 0.15) is 49.5 Å². The van der Waals surface area contributed by atoms with Gasteiger partial charge in [-0.05, 0) is 54.5 Å². The summed E-state index contributed by atoms with van der Waals surface area (Å²) in [4.78, 5) is 42.7. The van der Waals surface area contributed by atoms with Crippen LogP contribution >= 0.6 is 15.9 Å². The van der Waals surface area contributed by atoms with E-state index in [-0.39, 0.29) is 24.1 Å². The van der Waals surface area contributed by atoms with Crippen LogP contribution in [0, 0.1) is 5.92 Å². The molecule has 0 spiro atoms. The van der Waals surface area contributed by atoms with Gasteiger partial charge in [0.2, 0.25) is 11.8 Å². The number of nitrogens with one attached hydrogen (secondary N) is 1. The molecule has 0 saturated heterocycles. The number of amides is 3. The Bertz CT molecular complexity index is 1280. The van der Waals surface area contributed by atoms with E-state index in [1.807, 2.05) is 74.5 Å². The van der Waals surface area contributed by atoms with Crippen LogP contribution in [0.25, 0.3) is 10.8 Å². The fraction of sp³-hybridized carbons (Fsp3) is 0.345. The van der Waals surface area contributed by atoms with Crippen LogP contribution in [0.4, 0.5) is 5.69 Å². The van der Waals surface area contributed by atoms with Gasteiger partial charge in [0.15, 0.2) is 0 Å². The molecular formula is C29H32BrN3O3. The van der Waals surface area contributed by atoms with E-state index in [4.69, 9.17) is 0 Å². The summed E-state index contributed by atoms with van der Waals surface area (Å²) < 4.78 is 0.922. The SMILES string of the molecule is CC(C)CNC(=O)C(C)N(Cc1cccc(Br)c1)C(=O)CCCN1C(=O)c2cccc3cccc1c23. The number of nitrogens with zero attached hydrogens (tertiary/aromatic N) is 2. The molecule has 1 aliphatic heterocycles. The van der Waals surface area contributed by atoms with E-state index in [1.54, 1.807) is 16.7 Å². The number of carbonyl (C=O) groups is 3. The molecule has 188 valence electrons. The van der Waals surface area contributed by atoms with Gasteiger partial charge < -0.3 is 15.1 Å². The Hall–Kier alpha value is -3.19. The Morgan fingerprint density at radius 2 is 1.75 bits per heavy atom. The zero-order valence-electron chi connectivity index (χ0n) is 21.0. The summed E-state index contributed by atoms with van der Waals surface area (Å²) in [6.45, 7) is 7.18. The molecule has 3 aromatic carbocycles. The van der Waals surface area contributed by atoms with Crippen molar-refractivity contribution in [1.29, 1.82) is 0 Å². The molecule has 3 aromatic rings. The predicted molar refractivity (Wildman–Crippen MR) is 147 cm³/mol. The molecule has 1 heterocycles. The van der Waals surface area contributed by atoms with Gasteiger partial charge in [-0.1, -0.05) is 66.2 Å². The van der Waals surface area contributed by atoms with Gasteiger partial charge in [-0.3, -0.25) is 14.4 Å². The average molecular weight is 550 g/mol. The van der Waals surface area contributed by atoms with Crippen LogP contribution in [0.5, 0.6) is 0 Å². The van der Waals surface area contributed by atoms with Crippen LogP contribution in [-0.2, 0) is 16.1 Å². The van der Waals surface area contributed by atoms with Gasteiger partial charge >= 0.3 is 0 Å². The molecule has 1 N–H and O–H groups in total. The maximum absolute atomic E-state index is 13.4. The van der Waals surface area contributed by atoms with Crippen molar-refractivity contribution < 1.29 is 14.4 Å². The second kappa shape index (κ2) is 11.2. The largest absolute Gasteiger partial charge is 0.354 e. The monoisotopic (exact) mass is 549 g/mol. The van der Waals surface area contributed by atoms with Crippen molar-refractivity contribution in [3.63, 3.8) is 0 Å². The molecule has 0 bridgehead atoms. The number of hydrogen-bond acceptors (Lipinski definition) is 3. The number of hydrogen-bond donors (Lipinski definition) is 1. The van der Waals surface area contributed by atoms with Crippen molar-refractivity contribution in [2.24, 2.45) is 5.92 Å².